The van der Waals surface area contributed by atoms with Crippen LogP contribution in [0.1, 0.15) is 40.0 Å². The summed E-state index contributed by atoms with van der Waals surface area (Å²) in [6.45, 7) is 6.78. The number of thioether (sulfide) groups is 1. The molecule has 0 fully saturated rings. The van der Waals surface area contributed by atoms with Crippen LogP contribution in [-0.4, -0.2) is 41.2 Å². The minimum absolute atomic E-state index is 0.0638. The van der Waals surface area contributed by atoms with Crippen LogP contribution < -0.4 is 10.6 Å². The van der Waals surface area contributed by atoms with Gasteiger partial charge in [-0.3, -0.25) is 4.79 Å². The summed E-state index contributed by atoms with van der Waals surface area (Å²) in [7, 11) is 0. The maximum Gasteiger partial charge on any atom is 0.314 e. The highest BCUT2D eigenvalue weighted by molar-refractivity contribution is 8.00. The minimum Gasteiger partial charge on any atom is -0.481 e. The number of hydrogen-bond acceptors (Lipinski definition) is 3. The predicted octanol–water partition coefficient (Wildman–Crippen LogP) is 2.32. The zero-order chi connectivity index (χ0) is 14.9. The number of urea groups is 1. The molecular formula is C13H26N2O3S. The van der Waals surface area contributed by atoms with Gasteiger partial charge in [0.1, 0.15) is 0 Å². The summed E-state index contributed by atoms with van der Waals surface area (Å²) in [5.74, 6) is -1.39. The second-order valence-corrected chi connectivity index (χ2v) is 5.88. The molecule has 0 bridgehead atoms. The molecule has 2 amide bonds. The first-order valence-electron chi connectivity index (χ1n) is 6.74. The van der Waals surface area contributed by atoms with Gasteiger partial charge in [-0.1, -0.05) is 20.8 Å². The van der Waals surface area contributed by atoms with Gasteiger partial charge in [0.25, 0.3) is 0 Å². The second-order valence-electron chi connectivity index (χ2n) is 4.60. The van der Waals surface area contributed by atoms with Gasteiger partial charge in [-0.05, 0) is 25.5 Å². The van der Waals surface area contributed by atoms with Gasteiger partial charge in [0.2, 0.25) is 0 Å². The molecule has 5 nitrogen and oxygen atoms in total. The third kappa shape index (κ3) is 6.18. The highest BCUT2D eigenvalue weighted by Gasteiger charge is 2.25. The third-order valence-corrected chi connectivity index (χ3v) is 5.23. The SMILES string of the molecule is CCC(CNC(=O)NCC(CC)(CC)SC)C(=O)O. The van der Waals surface area contributed by atoms with Gasteiger partial charge in [0.05, 0.1) is 5.92 Å². The van der Waals surface area contributed by atoms with Crippen molar-refractivity contribution in [1.29, 1.82) is 0 Å². The van der Waals surface area contributed by atoms with Crippen LogP contribution in [0.15, 0.2) is 0 Å². The van der Waals surface area contributed by atoms with Crippen LogP contribution in [0.4, 0.5) is 4.79 Å². The zero-order valence-corrected chi connectivity index (χ0v) is 13.1. The number of hydrogen-bond donors (Lipinski definition) is 3. The highest BCUT2D eigenvalue weighted by atomic mass is 32.2. The van der Waals surface area contributed by atoms with E-state index in [0.717, 1.165) is 12.8 Å². The fourth-order valence-corrected chi connectivity index (χ4v) is 2.58. The van der Waals surface area contributed by atoms with E-state index in [9.17, 15) is 9.59 Å². The van der Waals surface area contributed by atoms with E-state index in [0.29, 0.717) is 13.0 Å². The van der Waals surface area contributed by atoms with Crippen molar-refractivity contribution in [2.45, 2.75) is 44.8 Å². The van der Waals surface area contributed by atoms with E-state index in [1.54, 1.807) is 18.7 Å². The topological polar surface area (TPSA) is 78.4 Å². The summed E-state index contributed by atoms with van der Waals surface area (Å²) < 4.78 is 0.0638. The lowest BCUT2D eigenvalue weighted by atomic mass is 10.0. The predicted molar refractivity (Wildman–Crippen MR) is 79.6 cm³/mol. The third-order valence-electron chi connectivity index (χ3n) is 3.64. The van der Waals surface area contributed by atoms with Crippen LogP contribution in [0, 0.1) is 5.92 Å². The van der Waals surface area contributed by atoms with Crippen molar-refractivity contribution in [1.82, 2.24) is 10.6 Å². The Balaban J connectivity index is 4.15. The average Bonchev–Trinajstić information content (AvgIpc) is 2.41. The molecule has 0 aliphatic heterocycles. The van der Waals surface area contributed by atoms with Gasteiger partial charge < -0.3 is 15.7 Å². The molecule has 0 aromatic carbocycles. The first-order valence-corrected chi connectivity index (χ1v) is 7.96. The normalized spacial score (nSPS) is 12.8. The standard InChI is InChI=1S/C13H26N2O3S/c1-5-10(11(16)17)8-14-12(18)15-9-13(6-2,7-3)19-4/h10H,5-9H2,1-4H3,(H,16,17)(H2,14,15,18). The lowest BCUT2D eigenvalue weighted by molar-refractivity contribution is -0.141. The second kappa shape index (κ2) is 9.07. The Morgan fingerprint density at radius 2 is 1.79 bits per heavy atom. The number of carbonyl (C=O) groups is 2. The monoisotopic (exact) mass is 290 g/mol. The van der Waals surface area contributed by atoms with Crippen LogP contribution in [0.3, 0.4) is 0 Å². The maximum absolute atomic E-state index is 11.7. The first kappa shape index (κ1) is 18.1. The summed E-state index contributed by atoms with van der Waals surface area (Å²) in [6, 6.07) is -0.292. The maximum atomic E-state index is 11.7. The quantitative estimate of drug-likeness (QED) is 0.609. The van der Waals surface area contributed by atoms with E-state index in [1.165, 1.54) is 0 Å². The first-order chi connectivity index (χ1) is 8.94. The van der Waals surface area contributed by atoms with E-state index in [4.69, 9.17) is 5.11 Å². The van der Waals surface area contributed by atoms with Gasteiger partial charge >= 0.3 is 12.0 Å². The fraction of sp³-hybridized carbons (Fsp3) is 0.846. The largest absolute Gasteiger partial charge is 0.481 e. The number of carboxylic acid groups (broad SMARTS) is 1. The molecule has 6 heteroatoms. The summed E-state index contributed by atoms with van der Waals surface area (Å²) >= 11 is 1.76. The van der Waals surface area contributed by atoms with Crippen molar-refractivity contribution in [2.24, 2.45) is 5.92 Å². The molecular weight excluding hydrogens is 264 g/mol. The van der Waals surface area contributed by atoms with Gasteiger partial charge in [0.15, 0.2) is 0 Å². The van der Waals surface area contributed by atoms with Crippen molar-refractivity contribution in [3.05, 3.63) is 0 Å². The summed E-state index contributed by atoms with van der Waals surface area (Å²) in [4.78, 5) is 22.5. The van der Waals surface area contributed by atoms with E-state index in [2.05, 4.69) is 24.5 Å². The minimum atomic E-state index is -0.872. The van der Waals surface area contributed by atoms with Gasteiger partial charge in [-0.15, -0.1) is 0 Å². The van der Waals surface area contributed by atoms with Crippen molar-refractivity contribution >= 4 is 23.8 Å². The number of carbonyl (C=O) groups excluding carboxylic acids is 1. The van der Waals surface area contributed by atoms with Crippen LogP contribution in [0.25, 0.3) is 0 Å². The molecule has 0 aromatic heterocycles. The summed E-state index contributed by atoms with van der Waals surface area (Å²) in [6.07, 6.45) is 4.52. The zero-order valence-electron chi connectivity index (χ0n) is 12.3. The Morgan fingerprint density at radius 1 is 1.21 bits per heavy atom. The molecule has 1 unspecified atom stereocenters. The fourth-order valence-electron chi connectivity index (χ4n) is 1.79. The molecule has 0 spiro atoms. The number of nitrogens with one attached hydrogen (secondary N) is 2. The molecule has 0 rings (SSSR count). The number of rotatable bonds is 9. The van der Waals surface area contributed by atoms with Gasteiger partial charge in [-0.2, -0.15) is 11.8 Å². The van der Waals surface area contributed by atoms with E-state index in [1.807, 2.05) is 6.26 Å². The molecule has 0 aromatic rings. The summed E-state index contributed by atoms with van der Waals surface area (Å²) in [5.41, 5.74) is 0. The molecule has 0 heterocycles. The van der Waals surface area contributed by atoms with Crippen LogP contribution in [-0.2, 0) is 4.79 Å². The Hall–Kier alpha value is -0.910. The number of carboxylic acids is 1. The molecule has 0 saturated heterocycles. The Kier molecular flexibility index (Phi) is 8.63. The number of aliphatic carboxylic acids is 1. The molecule has 0 aliphatic carbocycles. The molecule has 0 saturated carbocycles. The van der Waals surface area contributed by atoms with E-state index < -0.39 is 11.9 Å². The molecule has 112 valence electrons. The van der Waals surface area contributed by atoms with Crippen LogP contribution >= 0.6 is 11.8 Å². The van der Waals surface area contributed by atoms with E-state index in [-0.39, 0.29) is 17.3 Å². The molecule has 0 radical (unpaired) electrons. The molecule has 1 atom stereocenters. The van der Waals surface area contributed by atoms with E-state index >= 15 is 0 Å². The summed E-state index contributed by atoms with van der Waals surface area (Å²) in [5, 5.41) is 14.3. The average molecular weight is 290 g/mol. The van der Waals surface area contributed by atoms with Crippen molar-refractivity contribution in [2.75, 3.05) is 19.3 Å². The van der Waals surface area contributed by atoms with Crippen LogP contribution in [0.5, 0.6) is 0 Å². The lowest BCUT2D eigenvalue weighted by Gasteiger charge is -2.29. The molecule has 19 heavy (non-hydrogen) atoms. The molecule has 0 aliphatic rings. The Bertz CT molecular complexity index is 285. The smallest absolute Gasteiger partial charge is 0.314 e. The van der Waals surface area contributed by atoms with Crippen molar-refractivity contribution < 1.29 is 14.7 Å². The number of amides is 2. The van der Waals surface area contributed by atoms with Crippen LogP contribution in [0.2, 0.25) is 0 Å². The van der Waals surface area contributed by atoms with Crippen molar-refractivity contribution in [3.8, 4) is 0 Å². The highest BCUT2D eigenvalue weighted by Crippen LogP contribution is 2.29. The van der Waals surface area contributed by atoms with Gasteiger partial charge in [-0.25, -0.2) is 4.79 Å². The van der Waals surface area contributed by atoms with Gasteiger partial charge in [0, 0.05) is 17.8 Å². The lowest BCUT2D eigenvalue weighted by Crippen LogP contribution is -2.45. The Morgan fingerprint density at radius 3 is 2.16 bits per heavy atom. The van der Waals surface area contributed by atoms with Crippen molar-refractivity contribution in [3.63, 3.8) is 0 Å². The molecule has 3 N–H and O–H groups in total. The Labute approximate surface area is 119 Å².